The van der Waals surface area contributed by atoms with Crippen molar-refractivity contribution in [2.45, 2.75) is 89.9 Å². The summed E-state index contributed by atoms with van der Waals surface area (Å²) in [6.07, 6.45) is 14.1. The highest BCUT2D eigenvalue weighted by atomic mass is 16.7. The Balaban J connectivity index is 1.75. The zero-order valence-electron chi connectivity index (χ0n) is 16.8. The van der Waals surface area contributed by atoms with Gasteiger partial charge >= 0.3 is 0 Å². The lowest BCUT2D eigenvalue weighted by molar-refractivity contribution is -0.176. The van der Waals surface area contributed by atoms with Gasteiger partial charge in [-0.15, -0.1) is 0 Å². The molecular formula is C22H37NO4. The summed E-state index contributed by atoms with van der Waals surface area (Å²) < 4.78 is 12.0. The summed E-state index contributed by atoms with van der Waals surface area (Å²) >= 11 is 0. The molecule has 5 nitrogen and oxygen atoms in total. The van der Waals surface area contributed by atoms with Gasteiger partial charge in [-0.05, 0) is 63.4 Å². The highest BCUT2D eigenvalue weighted by Gasteiger charge is 2.41. The van der Waals surface area contributed by atoms with Crippen molar-refractivity contribution in [2.24, 2.45) is 17.8 Å². The molecule has 27 heavy (non-hydrogen) atoms. The summed E-state index contributed by atoms with van der Waals surface area (Å²) in [7, 11) is 0. The van der Waals surface area contributed by atoms with E-state index in [4.69, 9.17) is 9.47 Å². The van der Waals surface area contributed by atoms with Gasteiger partial charge in [0.1, 0.15) is 0 Å². The Hall–Kier alpha value is -1.07. The van der Waals surface area contributed by atoms with E-state index in [-0.39, 0.29) is 30.8 Å². The van der Waals surface area contributed by atoms with Crippen molar-refractivity contribution in [2.75, 3.05) is 13.2 Å². The van der Waals surface area contributed by atoms with E-state index in [1.807, 2.05) is 6.92 Å². The molecule has 0 saturated heterocycles. The van der Waals surface area contributed by atoms with Crippen LogP contribution in [0, 0.1) is 17.8 Å². The molecule has 0 aromatic carbocycles. The standard InChI is InChI=1S/C22H37NO4/c1-2-26-22-18(13-8-14-24)19(16-9-6-7-10-16)15-20(27-22)21(25)23-17-11-4-3-5-12-17/h15-19,22,24H,2-14H2,1H3,(H,23,25)/t18-,19-,22-/m0/s1. The molecule has 2 fully saturated rings. The highest BCUT2D eigenvalue weighted by Crippen LogP contribution is 2.43. The minimum absolute atomic E-state index is 0.0739. The first kappa shape index (κ1) is 20.7. The lowest BCUT2D eigenvalue weighted by atomic mass is 9.76. The molecule has 0 bridgehead atoms. The number of rotatable bonds is 8. The first-order valence-corrected chi connectivity index (χ1v) is 11.1. The van der Waals surface area contributed by atoms with Crippen molar-refractivity contribution in [1.82, 2.24) is 5.32 Å². The van der Waals surface area contributed by atoms with Crippen molar-refractivity contribution in [3.63, 3.8) is 0 Å². The summed E-state index contributed by atoms with van der Waals surface area (Å²) in [5.74, 6) is 1.49. The van der Waals surface area contributed by atoms with Gasteiger partial charge in [0.05, 0.1) is 0 Å². The molecule has 5 heteroatoms. The molecule has 3 rings (SSSR count). The monoisotopic (exact) mass is 379 g/mol. The molecule has 0 unspecified atom stereocenters. The number of amides is 1. The maximum absolute atomic E-state index is 12.9. The summed E-state index contributed by atoms with van der Waals surface area (Å²) in [5, 5.41) is 12.5. The fraction of sp³-hybridized carbons (Fsp3) is 0.864. The molecule has 3 aliphatic rings. The van der Waals surface area contributed by atoms with Gasteiger partial charge < -0.3 is 19.9 Å². The first-order valence-electron chi connectivity index (χ1n) is 11.1. The second kappa shape index (κ2) is 10.5. The van der Waals surface area contributed by atoms with Gasteiger partial charge in [0.15, 0.2) is 5.76 Å². The van der Waals surface area contributed by atoms with E-state index in [0.29, 0.717) is 24.2 Å². The van der Waals surface area contributed by atoms with Gasteiger partial charge in [0, 0.05) is 25.2 Å². The molecule has 0 radical (unpaired) electrons. The number of allylic oxidation sites excluding steroid dienone is 1. The van der Waals surface area contributed by atoms with E-state index in [9.17, 15) is 9.90 Å². The number of hydrogen-bond donors (Lipinski definition) is 2. The van der Waals surface area contributed by atoms with E-state index in [1.54, 1.807) is 0 Å². The van der Waals surface area contributed by atoms with Crippen LogP contribution in [0.25, 0.3) is 0 Å². The molecule has 2 saturated carbocycles. The van der Waals surface area contributed by atoms with Crippen molar-refractivity contribution in [3.05, 3.63) is 11.8 Å². The average Bonchev–Trinajstić information content (AvgIpc) is 3.22. The molecule has 3 atom stereocenters. The SMILES string of the molecule is CCO[C@H]1OC(C(=O)NC2CCCCC2)=C[C@@H](C2CCCC2)[C@@H]1CCCO. The number of ether oxygens (including phenoxy) is 2. The van der Waals surface area contributed by atoms with E-state index >= 15 is 0 Å². The van der Waals surface area contributed by atoms with Crippen LogP contribution in [0.15, 0.2) is 11.8 Å². The maximum Gasteiger partial charge on any atom is 0.286 e. The van der Waals surface area contributed by atoms with Crippen molar-refractivity contribution >= 4 is 5.91 Å². The Labute approximate surface area is 163 Å². The predicted molar refractivity (Wildman–Crippen MR) is 105 cm³/mol. The third-order valence-electron chi connectivity index (χ3n) is 6.57. The van der Waals surface area contributed by atoms with Crippen molar-refractivity contribution < 1.29 is 19.4 Å². The maximum atomic E-state index is 12.9. The van der Waals surface area contributed by atoms with E-state index in [0.717, 1.165) is 25.7 Å². The van der Waals surface area contributed by atoms with Crippen LogP contribution in [0.1, 0.15) is 77.6 Å². The van der Waals surface area contributed by atoms with Gasteiger partial charge in [-0.2, -0.15) is 0 Å². The summed E-state index contributed by atoms with van der Waals surface area (Å²) in [5.41, 5.74) is 0. The van der Waals surface area contributed by atoms with Crippen LogP contribution in [0.2, 0.25) is 0 Å². The van der Waals surface area contributed by atoms with Gasteiger partial charge in [0.2, 0.25) is 6.29 Å². The zero-order chi connectivity index (χ0) is 19.1. The van der Waals surface area contributed by atoms with Crippen molar-refractivity contribution in [1.29, 1.82) is 0 Å². The van der Waals surface area contributed by atoms with E-state index in [1.165, 1.54) is 44.9 Å². The number of aliphatic hydroxyl groups is 1. The van der Waals surface area contributed by atoms with E-state index < -0.39 is 0 Å². The molecule has 2 N–H and O–H groups in total. The quantitative estimate of drug-likeness (QED) is 0.671. The number of carbonyl (C=O) groups excluding carboxylic acids is 1. The summed E-state index contributed by atoms with van der Waals surface area (Å²) in [6.45, 7) is 2.72. The number of hydrogen-bond acceptors (Lipinski definition) is 4. The Morgan fingerprint density at radius 3 is 2.56 bits per heavy atom. The second-order valence-electron chi connectivity index (χ2n) is 8.43. The lowest BCUT2D eigenvalue weighted by Crippen LogP contribution is -2.43. The van der Waals surface area contributed by atoms with E-state index in [2.05, 4.69) is 11.4 Å². The molecule has 0 aromatic heterocycles. The molecule has 2 aliphatic carbocycles. The fourth-order valence-electron chi connectivity index (χ4n) is 5.17. The van der Waals surface area contributed by atoms with Crippen LogP contribution in [0.3, 0.4) is 0 Å². The van der Waals surface area contributed by atoms with Gasteiger partial charge in [-0.1, -0.05) is 32.1 Å². The molecule has 1 heterocycles. The van der Waals surface area contributed by atoms with Crippen LogP contribution < -0.4 is 5.32 Å². The highest BCUT2D eigenvalue weighted by molar-refractivity contribution is 5.91. The third kappa shape index (κ3) is 5.47. The lowest BCUT2D eigenvalue weighted by Gasteiger charge is -2.39. The van der Waals surface area contributed by atoms with Crippen LogP contribution in [0.4, 0.5) is 0 Å². The average molecular weight is 380 g/mol. The minimum atomic E-state index is -0.385. The molecule has 1 amide bonds. The molecule has 1 aliphatic heterocycles. The topological polar surface area (TPSA) is 67.8 Å². The second-order valence-corrected chi connectivity index (χ2v) is 8.43. The third-order valence-corrected chi connectivity index (χ3v) is 6.57. The van der Waals surface area contributed by atoms with Crippen LogP contribution >= 0.6 is 0 Å². The van der Waals surface area contributed by atoms with Crippen LogP contribution in [-0.4, -0.2) is 36.6 Å². The first-order chi connectivity index (χ1) is 13.2. The number of carbonyl (C=O) groups is 1. The Morgan fingerprint density at radius 1 is 1.19 bits per heavy atom. The Morgan fingerprint density at radius 2 is 1.89 bits per heavy atom. The number of aliphatic hydroxyl groups excluding tert-OH is 1. The largest absolute Gasteiger partial charge is 0.459 e. The van der Waals surface area contributed by atoms with Crippen LogP contribution in [0.5, 0.6) is 0 Å². The predicted octanol–water partition coefficient (Wildman–Crippen LogP) is 3.91. The van der Waals surface area contributed by atoms with Gasteiger partial charge in [-0.25, -0.2) is 0 Å². The smallest absolute Gasteiger partial charge is 0.286 e. The molecule has 0 aromatic rings. The molecule has 0 spiro atoms. The normalized spacial score (nSPS) is 30.0. The minimum Gasteiger partial charge on any atom is -0.459 e. The zero-order valence-corrected chi connectivity index (χ0v) is 16.8. The molecular weight excluding hydrogens is 342 g/mol. The summed E-state index contributed by atoms with van der Waals surface area (Å²) in [4.78, 5) is 12.9. The van der Waals surface area contributed by atoms with Crippen molar-refractivity contribution in [3.8, 4) is 0 Å². The summed E-state index contributed by atoms with van der Waals surface area (Å²) in [6, 6.07) is 0.276. The Bertz CT molecular complexity index is 495. The van der Waals surface area contributed by atoms with Gasteiger partial charge in [0.25, 0.3) is 5.91 Å². The fourth-order valence-corrected chi connectivity index (χ4v) is 5.17. The Kier molecular flexibility index (Phi) is 8.01. The molecule has 154 valence electrons. The van der Waals surface area contributed by atoms with Gasteiger partial charge in [-0.3, -0.25) is 4.79 Å². The van der Waals surface area contributed by atoms with Crippen LogP contribution in [-0.2, 0) is 14.3 Å². The number of nitrogens with one attached hydrogen (secondary N) is 1.